The fourth-order valence-corrected chi connectivity index (χ4v) is 5.47. The van der Waals surface area contributed by atoms with Gasteiger partial charge in [-0.2, -0.15) is 4.31 Å². The molecule has 0 spiro atoms. The number of methoxy groups -OCH3 is 1. The highest BCUT2D eigenvalue weighted by Gasteiger charge is 2.37. The summed E-state index contributed by atoms with van der Waals surface area (Å²) in [6, 6.07) is 12.3. The molecule has 0 bridgehead atoms. The SMILES string of the molecule is Bc1ccc2c(c1)COC(=O)N2C1CCN(S(=O)(=O)c2cccc(OC)c2)CC1. The molecule has 2 heterocycles. The van der Waals surface area contributed by atoms with E-state index in [0.717, 1.165) is 16.7 Å². The van der Waals surface area contributed by atoms with Gasteiger partial charge in [-0.15, -0.1) is 0 Å². The van der Waals surface area contributed by atoms with E-state index in [-0.39, 0.29) is 23.6 Å². The van der Waals surface area contributed by atoms with Gasteiger partial charge in [0, 0.05) is 30.8 Å². The topological polar surface area (TPSA) is 76.2 Å². The third-order valence-corrected chi connectivity index (χ3v) is 7.40. The Kier molecular flexibility index (Phi) is 5.27. The monoisotopic (exact) mass is 414 g/mol. The van der Waals surface area contributed by atoms with Crippen molar-refractivity contribution in [1.29, 1.82) is 0 Å². The highest BCUT2D eigenvalue weighted by Crippen LogP contribution is 2.32. The third kappa shape index (κ3) is 3.72. The molecule has 4 rings (SSSR count). The summed E-state index contributed by atoms with van der Waals surface area (Å²) >= 11 is 0. The fraction of sp³-hybridized carbons (Fsp3) is 0.350. The summed E-state index contributed by atoms with van der Waals surface area (Å²) in [4.78, 5) is 14.4. The minimum Gasteiger partial charge on any atom is -0.497 e. The van der Waals surface area contributed by atoms with Gasteiger partial charge in [0.1, 0.15) is 20.2 Å². The Balaban J connectivity index is 1.52. The van der Waals surface area contributed by atoms with Gasteiger partial charge >= 0.3 is 6.09 Å². The highest BCUT2D eigenvalue weighted by molar-refractivity contribution is 7.89. The van der Waals surface area contributed by atoms with Crippen LogP contribution in [0, 0.1) is 0 Å². The number of carbonyl (C=O) groups excluding carboxylic acids is 1. The number of carbonyl (C=O) groups is 1. The standard InChI is InChI=1S/C20H23BN2O5S/c1-27-17-3-2-4-18(12-17)29(25,26)22-9-7-16(8-10-22)23-19-6-5-15(21)11-14(19)13-28-20(23)24/h2-6,11-12,16H,7-10,13,21H2,1H3. The van der Waals surface area contributed by atoms with Gasteiger partial charge in [-0.05, 0) is 31.0 Å². The minimum absolute atomic E-state index is 0.0963. The van der Waals surface area contributed by atoms with Crippen LogP contribution in [-0.2, 0) is 21.4 Å². The van der Waals surface area contributed by atoms with Crippen molar-refractivity contribution in [3.05, 3.63) is 48.0 Å². The molecule has 2 aliphatic rings. The van der Waals surface area contributed by atoms with Crippen LogP contribution in [0.15, 0.2) is 47.4 Å². The van der Waals surface area contributed by atoms with Crippen LogP contribution >= 0.6 is 0 Å². The summed E-state index contributed by atoms with van der Waals surface area (Å²) < 4.78 is 38.0. The first-order chi connectivity index (χ1) is 13.9. The number of fused-ring (bicyclic) bond motifs is 1. The molecular formula is C20H23BN2O5S. The van der Waals surface area contributed by atoms with Crippen LogP contribution < -0.4 is 15.1 Å². The lowest BCUT2D eigenvalue weighted by Crippen LogP contribution is -2.50. The normalized spacial score (nSPS) is 18.2. The second-order valence-corrected chi connectivity index (χ2v) is 9.31. The summed E-state index contributed by atoms with van der Waals surface area (Å²) in [6.45, 7) is 0.958. The van der Waals surface area contributed by atoms with Crippen molar-refractivity contribution in [3.63, 3.8) is 0 Å². The van der Waals surface area contributed by atoms with Crippen molar-refractivity contribution in [3.8, 4) is 5.75 Å². The average molecular weight is 414 g/mol. The lowest BCUT2D eigenvalue weighted by atomic mass is 9.92. The maximum absolute atomic E-state index is 13.0. The molecule has 9 heteroatoms. The molecule has 2 aliphatic heterocycles. The van der Waals surface area contributed by atoms with Crippen molar-refractivity contribution in [2.45, 2.75) is 30.4 Å². The number of sulfonamides is 1. The molecule has 2 aromatic carbocycles. The van der Waals surface area contributed by atoms with Crippen LogP contribution in [0.2, 0.25) is 0 Å². The van der Waals surface area contributed by atoms with Crippen LogP contribution in [0.1, 0.15) is 18.4 Å². The van der Waals surface area contributed by atoms with Gasteiger partial charge < -0.3 is 9.47 Å². The van der Waals surface area contributed by atoms with E-state index in [4.69, 9.17) is 9.47 Å². The van der Waals surface area contributed by atoms with Gasteiger partial charge in [0.05, 0.1) is 17.7 Å². The minimum atomic E-state index is -3.61. The van der Waals surface area contributed by atoms with Gasteiger partial charge in [-0.3, -0.25) is 4.90 Å². The molecule has 7 nitrogen and oxygen atoms in total. The molecule has 2 aromatic rings. The van der Waals surface area contributed by atoms with Crippen molar-refractivity contribution < 1.29 is 22.7 Å². The second-order valence-electron chi connectivity index (χ2n) is 7.37. The molecule has 29 heavy (non-hydrogen) atoms. The number of hydrogen-bond acceptors (Lipinski definition) is 5. The molecular weight excluding hydrogens is 391 g/mol. The molecule has 1 amide bonds. The van der Waals surface area contributed by atoms with Crippen molar-refractivity contribution in [2.75, 3.05) is 25.1 Å². The van der Waals surface area contributed by atoms with Crippen LogP contribution in [0.4, 0.5) is 10.5 Å². The Morgan fingerprint density at radius 2 is 1.90 bits per heavy atom. The first kappa shape index (κ1) is 19.8. The smallest absolute Gasteiger partial charge is 0.414 e. The molecule has 1 saturated heterocycles. The molecule has 0 aromatic heterocycles. The van der Waals surface area contributed by atoms with E-state index >= 15 is 0 Å². The van der Waals surface area contributed by atoms with Gasteiger partial charge in [0.25, 0.3) is 0 Å². The van der Waals surface area contributed by atoms with Gasteiger partial charge in [0.2, 0.25) is 10.0 Å². The van der Waals surface area contributed by atoms with Gasteiger partial charge in [-0.25, -0.2) is 13.2 Å². The lowest BCUT2D eigenvalue weighted by Gasteiger charge is -2.39. The Labute approximate surface area is 171 Å². The summed E-state index contributed by atoms with van der Waals surface area (Å²) in [6.07, 6.45) is 0.729. The Morgan fingerprint density at radius 1 is 1.14 bits per heavy atom. The first-order valence-corrected chi connectivity index (χ1v) is 11.0. The lowest BCUT2D eigenvalue weighted by molar-refractivity contribution is 0.136. The number of ether oxygens (including phenoxy) is 2. The molecule has 1 fully saturated rings. The Morgan fingerprint density at radius 3 is 2.62 bits per heavy atom. The molecule has 0 N–H and O–H groups in total. The Bertz CT molecular complexity index is 1030. The molecule has 0 unspecified atom stereocenters. The summed E-state index contributed by atoms with van der Waals surface area (Å²) in [7, 11) is -0.0987. The highest BCUT2D eigenvalue weighted by atomic mass is 32.2. The zero-order chi connectivity index (χ0) is 20.6. The number of hydrogen-bond donors (Lipinski definition) is 0. The fourth-order valence-electron chi connectivity index (χ4n) is 3.97. The van der Waals surface area contributed by atoms with Crippen LogP contribution in [0.5, 0.6) is 5.75 Å². The van der Waals surface area contributed by atoms with Crippen molar-refractivity contribution in [1.82, 2.24) is 4.31 Å². The van der Waals surface area contributed by atoms with Gasteiger partial charge in [-0.1, -0.05) is 23.7 Å². The third-order valence-electron chi connectivity index (χ3n) is 5.51. The van der Waals surface area contributed by atoms with Crippen molar-refractivity contribution >= 4 is 35.1 Å². The molecule has 0 saturated carbocycles. The molecule has 0 radical (unpaired) electrons. The van der Waals surface area contributed by atoms with Crippen molar-refractivity contribution in [2.24, 2.45) is 0 Å². The van der Waals surface area contributed by atoms with Gasteiger partial charge in [0.15, 0.2) is 0 Å². The zero-order valence-electron chi connectivity index (χ0n) is 16.5. The molecule has 152 valence electrons. The van der Waals surface area contributed by atoms with E-state index in [1.807, 2.05) is 26.0 Å². The number of cyclic esters (lactones) is 1. The molecule has 0 atom stereocenters. The number of piperidine rings is 1. The predicted molar refractivity (Wildman–Crippen MR) is 112 cm³/mol. The number of nitrogens with zero attached hydrogens (tertiary/aromatic N) is 2. The summed E-state index contributed by atoms with van der Waals surface area (Å²) in [5.41, 5.74) is 2.96. The largest absolute Gasteiger partial charge is 0.497 e. The number of amides is 1. The zero-order valence-corrected chi connectivity index (χ0v) is 17.3. The first-order valence-electron chi connectivity index (χ1n) is 9.60. The number of rotatable bonds is 4. The van der Waals surface area contributed by atoms with E-state index in [9.17, 15) is 13.2 Å². The number of anilines is 1. The molecule has 0 aliphatic carbocycles. The van der Waals surface area contributed by atoms with E-state index in [1.165, 1.54) is 17.5 Å². The maximum Gasteiger partial charge on any atom is 0.414 e. The predicted octanol–water partition coefficient (Wildman–Crippen LogP) is 1.26. The maximum atomic E-state index is 13.0. The number of benzene rings is 2. The summed E-state index contributed by atoms with van der Waals surface area (Å²) in [5.74, 6) is 0.504. The van der Waals surface area contributed by atoms with E-state index in [0.29, 0.717) is 31.7 Å². The van der Waals surface area contributed by atoms with Crippen LogP contribution in [0.3, 0.4) is 0 Å². The summed E-state index contributed by atoms with van der Waals surface area (Å²) in [5, 5.41) is 0. The Hall–Kier alpha value is -2.52. The second kappa shape index (κ2) is 7.72. The average Bonchev–Trinajstić information content (AvgIpc) is 2.74. The quantitative estimate of drug-likeness (QED) is 0.705. The van der Waals surface area contributed by atoms with Crippen LogP contribution in [0.25, 0.3) is 0 Å². The van der Waals surface area contributed by atoms with E-state index in [2.05, 4.69) is 0 Å². The van der Waals surface area contributed by atoms with E-state index in [1.54, 1.807) is 23.1 Å². The van der Waals surface area contributed by atoms with E-state index < -0.39 is 10.0 Å². The van der Waals surface area contributed by atoms with Crippen LogP contribution in [-0.4, -0.2) is 52.9 Å².